The molecule has 12 heteroatoms. The van der Waals surface area contributed by atoms with Crippen molar-refractivity contribution >= 4 is 35.9 Å². The minimum absolute atomic E-state index is 0. The number of aromatic nitrogens is 2. The van der Waals surface area contributed by atoms with Gasteiger partial charge in [0.2, 0.25) is 5.95 Å². The molecule has 0 spiro atoms. The number of aliphatic imine (C=N–C) groups is 1. The highest BCUT2D eigenvalue weighted by Gasteiger charge is 2.29. The van der Waals surface area contributed by atoms with Crippen molar-refractivity contribution in [1.29, 1.82) is 0 Å². The molecule has 176 valence electrons. The molecule has 1 aromatic carbocycles. The van der Waals surface area contributed by atoms with E-state index in [1.54, 1.807) is 37.6 Å². The largest absolute Gasteiger partial charge is 0.493 e. The summed E-state index contributed by atoms with van der Waals surface area (Å²) in [6.07, 6.45) is -0.958. The van der Waals surface area contributed by atoms with Gasteiger partial charge >= 0.3 is 6.18 Å². The highest BCUT2D eigenvalue weighted by Crippen LogP contribution is 2.29. The standard InChI is InChI=1S/C20H25F3N6O2.HI/c1-24-18(28-8-10-29(11-9-28)19-25-6-3-7-26-19)27-13-15-4-5-16(17(12-15)30-2)31-14-20(21,22)23;/h3-7,12H,8-11,13-14H2,1-2H3,(H,24,27);1H. The molecule has 0 bridgehead atoms. The van der Waals surface area contributed by atoms with Crippen molar-refractivity contribution in [2.75, 3.05) is 51.8 Å². The fourth-order valence-electron chi connectivity index (χ4n) is 3.19. The summed E-state index contributed by atoms with van der Waals surface area (Å²) in [5.41, 5.74) is 0.827. The number of anilines is 1. The SMILES string of the molecule is CN=C(NCc1ccc(OCC(F)(F)F)c(OC)c1)N1CCN(c2ncccn2)CC1.I. The maximum Gasteiger partial charge on any atom is 0.422 e. The molecular formula is C20H26F3IN6O2. The molecule has 0 radical (unpaired) electrons. The Morgan fingerprint density at radius 3 is 2.41 bits per heavy atom. The van der Waals surface area contributed by atoms with Crippen molar-refractivity contribution in [1.82, 2.24) is 20.2 Å². The number of nitrogens with one attached hydrogen (secondary N) is 1. The van der Waals surface area contributed by atoms with Crippen LogP contribution in [-0.4, -0.2) is 73.9 Å². The van der Waals surface area contributed by atoms with E-state index < -0.39 is 12.8 Å². The average molecular weight is 566 g/mol. The highest BCUT2D eigenvalue weighted by molar-refractivity contribution is 14.0. The smallest absolute Gasteiger partial charge is 0.422 e. The summed E-state index contributed by atoms with van der Waals surface area (Å²) < 4.78 is 47.2. The Morgan fingerprint density at radius 2 is 1.81 bits per heavy atom. The van der Waals surface area contributed by atoms with Crippen LogP contribution in [0.2, 0.25) is 0 Å². The number of nitrogens with zero attached hydrogens (tertiary/aromatic N) is 5. The van der Waals surface area contributed by atoms with E-state index in [9.17, 15) is 13.2 Å². The molecule has 3 rings (SSSR count). The van der Waals surface area contributed by atoms with Gasteiger partial charge in [-0.3, -0.25) is 4.99 Å². The molecule has 2 heterocycles. The van der Waals surface area contributed by atoms with Crippen LogP contribution in [0.3, 0.4) is 0 Å². The van der Waals surface area contributed by atoms with Crippen LogP contribution in [0.4, 0.5) is 19.1 Å². The fourth-order valence-corrected chi connectivity index (χ4v) is 3.19. The number of ether oxygens (including phenoxy) is 2. The molecule has 1 fully saturated rings. The van der Waals surface area contributed by atoms with Crippen LogP contribution < -0.4 is 19.7 Å². The molecule has 0 atom stereocenters. The van der Waals surface area contributed by atoms with Crippen LogP contribution in [0.15, 0.2) is 41.7 Å². The lowest BCUT2D eigenvalue weighted by Gasteiger charge is -2.36. The number of piperazine rings is 1. The first-order chi connectivity index (χ1) is 14.9. The number of halogens is 4. The Balaban J connectivity index is 0.00000363. The first kappa shape index (κ1) is 25.7. The lowest BCUT2D eigenvalue weighted by Crippen LogP contribution is -2.52. The van der Waals surface area contributed by atoms with Crippen molar-refractivity contribution in [3.05, 3.63) is 42.2 Å². The number of benzene rings is 1. The molecule has 8 nitrogen and oxygen atoms in total. The summed E-state index contributed by atoms with van der Waals surface area (Å²) in [5, 5.41) is 3.29. The van der Waals surface area contributed by atoms with E-state index >= 15 is 0 Å². The number of rotatable bonds is 6. The van der Waals surface area contributed by atoms with Crippen LogP contribution in [0.25, 0.3) is 0 Å². The summed E-state index contributed by atoms with van der Waals surface area (Å²) in [5.74, 6) is 1.75. The van der Waals surface area contributed by atoms with Gasteiger partial charge in [0.15, 0.2) is 24.1 Å². The van der Waals surface area contributed by atoms with E-state index in [0.717, 1.165) is 37.7 Å². The maximum atomic E-state index is 12.4. The third-order valence-electron chi connectivity index (χ3n) is 4.70. The topological polar surface area (TPSA) is 75.1 Å². The Bertz CT molecular complexity index is 877. The third kappa shape index (κ3) is 7.28. The average Bonchev–Trinajstić information content (AvgIpc) is 2.79. The van der Waals surface area contributed by atoms with Crippen LogP contribution in [0.1, 0.15) is 5.56 Å². The molecule has 0 saturated carbocycles. The number of alkyl halides is 3. The molecule has 1 N–H and O–H groups in total. The van der Waals surface area contributed by atoms with Gasteiger partial charge in [-0.25, -0.2) is 9.97 Å². The van der Waals surface area contributed by atoms with E-state index in [2.05, 4.69) is 30.1 Å². The Kier molecular flexibility index (Phi) is 9.60. The van der Waals surface area contributed by atoms with Crippen LogP contribution in [-0.2, 0) is 6.54 Å². The highest BCUT2D eigenvalue weighted by atomic mass is 127. The van der Waals surface area contributed by atoms with Gasteiger partial charge in [-0.1, -0.05) is 6.07 Å². The van der Waals surface area contributed by atoms with Gasteiger partial charge in [-0.2, -0.15) is 13.2 Å². The molecule has 2 aromatic rings. The molecule has 1 saturated heterocycles. The van der Waals surface area contributed by atoms with Crippen molar-refractivity contribution < 1.29 is 22.6 Å². The molecular weight excluding hydrogens is 540 g/mol. The quantitative estimate of drug-likeness (QED) is 0.328. The third-order valence-corrected chi connectivity index (χ3v) is 4.70. The van der Waals surface area contributed by atoms with E-state index in [1.165, 1.54) is 13.2 Å². The Hall–Kier alpha value is -2.51. The zero-order chi connectivity index (χ0) is 22.3. The summed E-state index contributed by atoms with van der Waals surface area (Å²) in [4.78, 5) is 17.2. The van der Waals surface area contributed by atoms with Gasteiger partial charge in [0.05, 0.1) is 7.11 Å². The molecule has 32 heavy (non-hydrogen) atoms. The second kappa shape index (κ2) is 11.9. The lowest BCUT2D eigenvalue weighted by atomic mass is 10.2. The van der Waals surface area contributed by atoms with E-state index in [0.29, 0.717) is 12.5 Å². The number of hydrogen-bond donors (Lipinski definition) is 1. The van der Waals surface area contributed by atoms with Crippen LogP contribution in [0, 0.1) is 0 Å². The summed E-state index contributed by atoms with van der Waals surface area (Å²) in [6.45, 7) is 2.11. The predicted octanol–water partition coefficient (Wildman–Crippen LogP) is 2.94. The van der Waals surface area contributed by atoms with Gasteiger partial charge in [0.25, 0.3) is 0 Å². The monoisotopic (exact) mass is 566 g/mol. The first-order valence-electron chi connectivity index (χ1n) is 9.73. The van der Waals surface area contributed by atoms with E-state index in [4.69, 9.17) is 9.47 Å². The molecule has 0 unspecified atom stereocenters. The van der Waals surface area contributed by atoms with Gasteiger partial charge < -0.3 is 24.6 Å². The zero-order valence-electron chi connectivity index (χ0n) is 17.8. The molecule has 0 amide bonds. The molecule has 0 aliphatic carbocycles. The van der Waals surface area contributed by atoms with E-state index in [-0.39, 0.29) is 35.5 Å². The minimum Gasteiger partial charge on any atom is -0.493 e. The predicted molar refractivity (Wildman–Crippen MR) is 126 cm³/mol. The normalized spacial score (nSPS) is 14.6. The van der Waals surface area contributed by atoms with Crippen molar-refractivity contribution in [2.45, 2.75) is 12.7 Å². The van der Waals surface area contributed by atoms with Gasteiger partial charge in [-0.15, -0.1) is 24.0 Å². The summed E-state index contributed by atoms with van der Waals surface area (Å²) >= 11 is 0. The van der Waals surface area contributed by atoms with Gasteiger partial charge in [0.1, 0.15) is 0 Å². The molecule has 1 aliphatic rings. The fraction of sp³-hybridized carbons (Fsp3) is 0.450. The van der Waals surface area contributed by atoms with Crippen molar-refractivity contribution in [3.63, 3.8) is 0 Å². The number of hydrogen-bond acceptors (Lipinski definition) is 6. The second-order valence-corrected chi connectivity index (χ2v) is 6.81. The summed E-state index contributed by atoms with van der Waals surface area (Å²) in [6, 6.07) is 6.61. The lowest BCUT2D eigenvalue weighted by molar-refractivity contribution is -0.153. The Labute approximate surface area is 201 Å². The first-order valence-corrected chi connectivity index (χ1v) is 9.73. The number of guanidine groups is 1. The number of methoxy groups -OCH3 is 1. The molecule has 1 aromatic heterocycles. The van der Waals surface area contributed by atoms with Crippen LogP contribution >= 0.6 is 24.0 Å². The van der Waals surface area contributed by atoms with Crippen molar-refractivity contribution in [2.24, 2.45) is 4.99 Å². The van der Waals surface area contributed by atoms with Crippen LogP contribution in [0.5, 0.6) is 11.5 Å². The van der Waals surface area contributed by atoms with Gasteiger partial charge in [0, 0.05) is 52.2 Å². The Morgan fingerprint density at radius 1 is 1.12 bits per heavy atom. The zero-order valence-corrected chi connectivity index (χ0v) is 20.1. The minimum atomic E-state index is -4.41. The second-order valence-electron chi connectivity index (χ2n) is 6.81. The maximum absolute atomic E-state index is 12.4. The van der Waals surface area contributed by atoms with Crippen molar-refractivity contribution in [3.8, 4) is 11.5 Å². The molecule has 1 aliphatic heterocycles. The van der Waals surface area contributed by atoms with E-state index in [1.807, 2.05) is 0 Å². The van der Waals surface area contributed by atoms with Gasteiger partial charge in [-0.05, 0) is 23.8 Å². The summed E-state index contributed by atoms with van der Waals surface area (Å²) in [7, 11) is 3.10.